The van der Waals surface area contributed by atoms with Crippen LogP contribution in [-0.4, -0.2) is 20.7 Å². The number of carbonyl (C=O) groups excluding carboxylic acids is 1. The number of alkyl halides is 3. The maximum Gasteiger partial charge on any atom is 0.433 e. The topological polar surface area (TPSA) is 73.0 Å². The summed E-state index contributed by atoms with van der Waals surface area (Å²) in [7, 11) is 0. The van der Waals surface area contributed by atoms with E-state index < -0.39 is 17.8 Å². The Kier molecular flexibility index (Phi) is 4.63. The minimum absolute atomic E-state index is 0.224. The van der Waals surface area contributed by atoms with Crippen LogP contribution in [0.3, 0.4) is 0 Å². The van der Waals surface area contributed by atoms with E-state index in [9.17, 15) is 18.0 Å². The van der Waals surface area contributed by atoms with Gasteiger partial charge in [-0.15, -0.1) is 0 Å². The molecule has 9 heteroatoms. The zero-order valence-corrected chi connectivity index (χ0v) is 14.7. The Morgan fingerprint density at radius 3 is 2.55 bits per heavy atom. The minimum atomic E-state index is -4.52. The smallest absolute Gasteiger partial charge is 0.433 e. The number of para-hydroxylation sites is 2. The number of halogens is 3. The van der Waals surface area contributed by atoms with Crippen molar-refractivity contribution in [1.29, 1.82) is 0 Å². The molecule has 0 aliphatic rings. The van der Waals surface area contributed by atoms with Gasteiger partial charge in [-0.2, -0.15) is 18.3 Å². The number of fused-ring (bicyclic) bond motifs is 1. The number of rotatable bonds is 4. The molecule has 0 saturated heterocycles. The Labute approximate surface area is 162 Å². The average molecular weight is 398 g/mol. The lowest BCUT2D eigenvalue weighted by molar-refractivity contribution is -0.142. The van der Waals surface area contributed by atoms with Crippen LogP contribution in [0.5, 0.6) is 0 Å². The average Bonchev–Trinajstić information content (AvgIpc) is 3.33. The van der Waals surface area contributed by atoms with Crippen LogP contribution in [0.1, 0.15) is 11.6 Å². The minimum Gasteiger partial charge on any atom is -0.437 e. The predicted octanol–water partition coefficient (Wildman–Crippen LogP) is 4.68. The standard InChI is InChI=1S/C20H13F3N4O2/c21-20(22,23)17-11-12-24-27(17)14-7-5-13(6-8-14)25-18(28)9-10-19-26-15-3-1-2-4-16(15)29-19/h1-12H,(H,25,28)/b10-9+. The van der Waals surface area contributed by atoms with E-state index >= 15 is 0 Å². The molecule has 1 amide bonds. The first-order chi connectivity index (χ1) is 13.9. The van der Waals surface area contributed by atoms with Gasteiger partial charge in [0.05, 0.1) is 11.9 Å². The fourth-order valence-electron chi connectivity index (χ4n) is 2.70. The fourth-order valence-corrected chi connectivity index (χ4v) is 2.70. The van der Waals surface area contributed by atoms with E-state index in [0.717, 1.165) is 16.9 Å². The molecule has 0 saturated carbocycles. The number of anilines is 1. The molecule has 29 heavy (non-hydrogen) atoms. The molecule has 146 valence electrons. The first-order valence-corrected chi connectivity index (χ1v) is 8.46. The van der Waals surface area contributed by atoms with Gasteiger partial charge < -0.3 is 9.73 Å². The Bertz CT molecular complexity index is 1160. The molecule has 0 atom stereocenters. The molecule has 0 radical (unpaired) electrons. The van der Waals surface area contributed by atoms with Crippen LogP contribution in [0.15, 0.2) is 71.3 Å². The summed E-state index contributed by atoms with van der Waals surface area (Å²) in [6.45, 7) is 0. The van der Waals surface area contributed by atoms with Crippen molar-refractivity contribution in [3.05, 3.63) is 78.5 Å². The summed E-state index contributed by atoms with van der Waals surface area (Å²) in [5, 5.41) is 6.32. The molecule has 2 heterocycles. The van der Waals surface area contributed by atoms with E-state index in [4.69, 9.17) is 4.42 Å². The highest BCUT2D eigenvalue weighted by Gasteiger charge is 2.35. The number of amides is 1. The number of oxazole rings is 1. The van der Waals surface area contributed by atoms with Crippen LogP contribution in [0.25, 0.3) is 22.9 Å². The Morgan fingerprint density at radius 1 is 1.07 bits per heavy atom. The number of hydrogen-bond acceptors (Lipinski definition) is 4. The first kappa shape index (κ1) is 18.5. The first-order valence-electron chi connectivity index (χ1n) is 8.46. The maximum absolute atomic E-state index is 13.0. The van der Waals surface area contributed by atoms with Gasteiger partial charge in [-0.1, -0.05) is 12.1 Å². The van der Waals surface area contributed by atoms with Crippen molar-refractivity contribution in [3.63, 3.8) is 0 Å². The zero-order chi connectivity index (χ0) is 20.4. The molecule has 0 bridgehead atoms. The zero-order valence-electron chi connectivity index (χ0n) is 14.7. The lowest BCUT2D eigenvalue weighted by Gasteiger charge is -2.11. The molecule has 4 rings (SSSR count). The molecule has 0 aliphatic carbocycles. The maximum atomic E-state index is 13.0. The fraction of sp³-hybridized carbons (Fsp3) is 0.0500. The van der Waals surface area contributed by atoms with E-state index in [1.165, 1.54) is 36.4 Å². The highest BCUT2D eigenvalue weighted by Crippen LogP contribution is 2.30. The van der Waals surface area contributed by atoms with Crippen molar-refractivity contribution in [1.82, 2.24) is 14.8 Å². The lowest BCUT2D eigenvalue weighted by atomic mass is 10.2. The largest absolute Gasteiger partial charge is 0.437 e. The van der Waals surface area contributed by atoms with Crippen LogP contribution in [0.2, 0.25) is 0 Å². The van der Waals surface area contributed by atoms with Gasteiger partial charge in [-0.05, 0) is 42.5 Å². The molecule has 0 spiro atoms. The number of hydrogen-bond donors (Lipinski definition) is 1. The summed E-state index contributed by atoms with van der Waals surface area (Å²) in [5.74, 6) is -0.148. The second-order valence-electron chi connectivity index (χ2n) is 6.02. The van der Waals surface area contributed by atoms with Crippen molar-refractivity contribution < 1.29 is 22.4 Å². The van der Waals surface area contributed by atoms with Gasteiger partial charge in [-0.3, -0.25) is 4.79 Å². The number of nitrogens with one attached hydrogen (secondary N) is 1. The molecule has 0 aliphatic heterocycles. The number of carbonyl (C=O) groups is 1. The molecule has 6 nitrogen and oxygen atoms in total. The van der Waals surface area contributed by atoms with Gasteiger partial charge >= 0.3 is 6.18 Å². The predicted molar refractivity (Wildman–Crippen MR) is 100 cm³/mol. The van der Waals surface area contributed by atoms with Crippen molar-refractivity contribution in [2.45, 2.75) is 6.18 Å². The van der Waals surface area contributed by atoms with Gasteiger partial charge in [0, 0.05) is 17.8 Å². The number of aromatic nitrogens is 3. The van der Waals surface area contributed by atoms with Crippen molar-refractivity contribution in [3.8, 4) is 5.69 Å². The van der Waals surface area contributed by atoms with E-state index in [2.05, 4.69) is 15.4 Å². The van der Waals surface area contributed by atoms with E-state index in [1.807, 2.05) is 12.1 Å². The van der Waals surface area contributed by atoms with Gasteiger partial charge in [0.2, 0.25) is 11.8 Å². The summed E-state index contributed by atoms with van der Waals surface area (Å²) in [6.07, 6.45) is -0.745. The highest BCUT2D eigenvalue weighted by molar-refractivity contribution is 6.01. The van der Waals surface area contributed by atoms with Gasteiger partial charge in [0.1, 0.15) is 11.2 Å². The summed E-state index contributed by atoms with van der Waals surface area (Å²) in [5.41, 5.74) is 1.06. The van der Waals surface area contributed by atoms with Gasteiger partial charge in [0.25, 0.3) is 0 Å². The molecular weight excluding hydrogens is 385 g/mol. The van der Waals surface area contributed by atoms with Crippen LogP contribution >= 0.6 is 0 Å². The Balaban J connectivity index is 1.45. The van der Waals surface area contributed by atoms with Crippen molar-refractivity contribution >= 4 is 28.8 Å². The normalized spacial score (nSPS) is 12.0. The van der Waals surface area contributed by atoms with Crippen LogP contribution in [-0.2, 0) is 11.0 Å². The Morgan fingerprint density at radius 2 is 1.83 bits per heavy atom. The number of nitrogens with zero attached hydrogens (tertiary/aromatic N) is 3. The molecule has 1 N–H and O–H groups in total. The molecule has 0 unspecified atom stereocenters. The van der Waals surface area contributed by atoms with Gasteiger partial charge in [-0.25, -0.2) is 9.67 Å². The lowest BCUT2D eigenvalue weighted by Crippen LogP contribution is -2.13. The quantitative estimate of drug-likeness (QED) is 0.507. The molecule has 4 aromatic rings. The summed E-state index contributed by atoms with van der Waals surface area (Å²) < 4.78 is 45.2. The van der Waals surface area contributed by atoms with Crippen molar-refractivity contribution in [2.24, 2.45) is 0 Å². The van der Waals surface area contributed by atoms with Crippen LogP contribution in [0, 0.1) is 0 Å². The SMILES string of the molecule is O=C(/C=C/c1nc2ccccc2o1)Nc1ccc(-n2nccc2C(F)(F)F)cc1. The monoisotopic (exact) mass is 398 g/mol. The third-order valence-electron chi connectivity index (χ3n) is 4.00. The number of benzene rings is 2. The summed E-state index contributed by atoms with van der Waals surface area (Å²) >= 11 is 0. The van der Waals surface area contributed by atoms with E-state index in [-0.39, 0.29) is 11.6 Å². The van der Waals surface area contributed by atoms with Crippen LogP contribution < -0.4 is 5.32 Å². The van der Waals surface area contributed by atoms with Gasteiger partial charge in [0.15, 0.2) is 5.58 Å². The molecular formula is C20H13F3N4O2. The molecule has 2 aromatic carbocycles. The second kappa shape index (κ2) is 7.27. The Hall–Kier alpha value is -3.88. The highest BCUT2D eigenvalue weighted by atomic mass is 19.4. The summed E-state index contributed by atoms with van der Waals surface area (Å²) in [6, 6.07) is 13.9. The third kappa shape index (κ3) is 4.03. The second-order valence-corrected chi connectivity index (χ2v) is 6.02. The van der Waals surface area contributed by atoms with Crippen LogP contribution in [0.4, 0.5) is 18.9 Å². The molecule has 2 aromatic heterocycles. The van der Waals surface area contributed by atoms with E-state index in [0.29, 0.717) is 16.8 Å². The van der Waals surface area contributed by atoms with Crippen molar-refractivity contribution in [2.75, 3.05) is 5.32 Å². The summed E-state index contributed by atoms with van der Waals surface area (Å²) in [4.78, 5) is 16.3. The third-order valence-corrected chi connectivity index (χ3v) is 4.00. The van der Waals surface area contributed by atoms with E-state index in [1.54, 1.807) is 12.1 Å². The molecule has 0 fully saturated rings.